The highest BCUT2D eigenvalue weighted by Crippen LogP contribution is 2.13. The Kier molecular flexibility index (Phi) is 7.74. The van der Waals surface area contributed by atoms with Crippen molar-refractivity contribution in [2.24, 2.45) is 10.7 Å². The Bertz CT molecular complexity index is 258. The third-order valence-corrected chi connectivity index (χ3v) is 3.52. The molecular formula is C15H29N3. The maximum atomic E-state index is 5.92. The van der Waals surface area contributed by atoms with E-state index in [0.717, 1.165) is 19.5 Å². The fraction of sp³-hybridized carbons (Fsp3) is 0.800. The van der Waals surface area contributed by atoms with E-state index in [1.165, 1.54) is 50.8 Å². The van der Waals surface area contributed by atoms with Gasteiger partial charge in [0.1, 0.15) is 5.84 Å². The first-order chi connectivity index (χ1) is 8.75. The molecule has 1 heterocycles. The number of allylic oxidation sites excluding steroid dienone is 1. The van der Waals surface area contributed by atoms with E-state index in [1.54, 1.807) is 0 Å². The maximum Gasteiger partial charge on any atom is 0.100 e. The van der Waals surface area contributed by atoms with E-state index in [0.29, 0.717) is 0 Å². The molecule has 0 fully saturated rings. The Balaban J connectivity index is 1.99. The topological polar surface area (TPSA) is 41.6 Å². The molecule has 0 saturated carbocycles. The summed E-state index contributed by atoms with van der Waals surface area (Å²) in [6.45, 7) is 7.72. The predicted molar refractivity (Wildman–Crippen MR) is 79.8 cm³/mol. The van der Waals surface area contributed by atoms with Crippen molar-refractivity contribution < 1.29 is 0 Å². The molecule has 0 bridgehead atoms. The fourth-order valence-corrected chi connectivity index (χ4v) is 2.45. The van der Waals surface area contributed by atoms with Crippen molar-refractivity contribution in [3.8, 4) is 0 Å². The van der Waals surface area contributed by atoms with Crippen molar-refractivity contribution in [3.63, 3.8) is 0 Å². The molecule has 1 atom stereocenters. The second-order valence-electron chi connectivity index (χ2n) is 5.18. The van der Waals surface area contributed by atoms with E-state index < -0.39 is 0 Å². The maximum absolute atomic E-state index is 5.92. The molecule has 0 radical (unpaired) electrons. The number of rotatable bonds is 10. The van der Waals surface area contributed by atoms with Gasteiger partial charge in [0.2, 0.25) is 0 Å². The molecule has 0 aromatic heterocycles. The van der Waals surface area contributed by atoms with Gasteiger partial charge < -0.3 is 10.6 Å². The standard InChI is InChI=1S/C15H29N3/c1-3-4-5-6-7-8-9-10-11-15-17-12-13-18(15)14(2)16/h3,14H,1,4-13,16H2,2H3. The number of amidine groups is 1. The van der Waals surface area contributed by atoms with Crippen LogP contribution < -0.4 is 5.73 Å². The Morgan fingerprint density at radius 1 is 1.28 bits per heavy atom. The SMILES string of the molecule is C=CCCCCCCCCC1=NCCN1C(C)N. The Labute approximate surface area is 112 Å². The molecule has 3 heteroatoms. The Morgan fingerprint density at radius 2 is 1.94 bits per heavy atom. The molecule has 1 unspecified atom stereocenters. The number of aliphatic imine (C=N–C) groups is 1. The van der Waals surface area contributed by atoms with Crippen LogP contribution in [0.4, 0.5) is 0 Å². The van der Waals surface area contributed by atoms with E-state index in [9.17, 15) is 0 Å². The first kappa shape index (κ1) is 15.2. The van der Waals surface area contributed by atoms with Gasteiger partial charge in [0.15, 0.2) is 0 Å². The molecule has 3 nitrogen and oxygen atoms in total. The average Bonchev–Trinajstić information content (AvgIpc) is 2.81. The zero-order chi connectivity index (χ0) is 13.2. The molecule has 0 saturated heterocycles. The Morgan fingerprint density at radius 3 is 2.61 bits per heavy atom. The smallest absolute Gasteiger partial charge is 0.100 e. The molecule has 18 heavy (non-hydrogen) atoms. The van der Waals surface area contributed by atoms with Crippen LogP contribution in [-0.4, -0.2) is 30.0 Å². The largest absolute Gasteiger partial charge is 0.343 e. The molecule has 0 aromatic carbocycles. The van der Waals surface area contributed by atoms with Gasteiger partial charge in [0, 0.05) is 13.0 Å². The van der Waals surface area contributed by atoms with Crippen molar-refractivity contribution in [1.82, 2.24) is 4.90 Å². The molecule has 0 aromatic rings. The molecule has 1 aliphatic rings. The number of nitrogens with two attached hydrogens (primary N) is 1. The van der Waals surface area contributed by atoms with Gasteiger partial charge >= 0.3 is 0 Å². The average molecular weight is 251 g/mol. The minimum atomic E-state index is 0.116. The minimum Gasteiger partial charge on any atom is -0.343 e. The predicted octanol–water partition coefficient (Wildman–Crippen LogP) is 3.31. The van der Waals surface area contributed by atoms with Crippen LogP contribution in [-0.2, 0) is 0 Å². The van der Waals surface area contributed by atoms with Crippen LogP contribution in [0.25, 0.3) is 0 Å². The molecule has 0 aliphatic carbocycles. The molecule has 1 rings (SSSR count). The van der Waals surface area contributed by atoms with Crippen LogP contribution in [0, 0.1) is 0 Å². The van der Waals surface area contributed by atoms with E-state index in [4.69, 9.17) is 5.73 Å². The molecule has 0 amide bonds. The summed E-state index contributed by atoms with van der Waals surface area (Å²) in [5, 5.41) is 0. The highest BCUT2D eigenvalue weighted by molar-refractivity contribution is 5.83. The second-order valence-corrected chi connectivity index (χ2v) is 5.18. The molecular weight excluding hydrogens is 222 g/mol. The molecule has 2 N–H and O–H groups in total. The summed E-state index contributed by atoms with van der Waals surface area (Å²) in [5.41, 5.74) is 5.92. The summed E-state index contributed by atoms with van der Waals surface area (Å²) in [5.74, 6) is 1.23. The van der Waals surface area contributed by atoms with Gasteiger partial charge in [-0.3, -0.25) is 4.99 Å². The van der Waals surface area contributed by atoms with Crippen molar-refractivity contribution in [2.45, 2.75) is 64.5 Å². The van der Waals surface area contributed by atoms with E-state index in [2.05, 4.69) is 16.5 Å². The van der Waals surface area contributed by atoms with Gasteiger partial charge in [-0.05, 0) is 26.2 Å². The first-order valence-electron chi connectivity index (χ1n) is 7.42. The monoisotopic (exact) mass is 251 g/mol. The summed E-state index contributed by atoms with van der Waals surface area (Å²) in [7, 11) is 0. The van der Waals surface area contributed by atoms with Gasteiger partial charge in [-0.15, -0.1) is 6.58 Å². The van der Waals surface area contributed by atoms with E-state index in [-0.39, 0.29) is 6.17 Å². The van der Waals surface area contributed by atoms with Gasteiger partial charge in [0.25, 0.3) is 0 Å². The van der Waals surface area contributed by atoms with Crippen LogP contribution in [0.15, 0.2) is 17.6 Å². The minimum absolute atomic E-state index is 0.116. The molecule has 1 aliphatic heterocycles. The lowest BCUT2D eigenvalue weighted by molar-refractivity contribution is 0.358. The first-order valence-corrected chi connectivity index (χ1v) is 7.42. The third kappa shape index (κ3) is 5.67. The highest BCUT2D eigenvalue weighted by Gasteiger charge is 2.18. The zero-order valence-electron chi connectivity index (χ0n) is 11.9. The van der Waals surface area contributed by atoms with Crippen LogP contribution in [0.1, 0.15) is 58.3 Å². The van der Waals surface area contributed by atoms with Gasteiger partial charge in [-0.2, -0.15) is 0 Å². The van der Waals surface area contributed by atoms with E-state index in [1.807, 2.05) is 13.0 Å². The summed E-state index contributed by atoms with van der Waals surface area (Å²) in [4.78, 5) is 6.79. The van der Waals surface area contributed by atoms with Crippen molar-refractivity contribution in [2.75, 3.05) is 13.1 Å². The van der Waals surface area contributed by atoms with E-state index >= 15 is 0 Å². The Hall–Kier alpha value is -0.830. The summed E-state index contributed by atoms with van der Waals surface area (Å²) in [6, 6.07) is 0. The van der Waals surface area contributed by atoms with Crippen molar-refractivity contribution >= 4 is 5.84 Å². The highest BCUT2D eigenvalue weighted by atomic mass is 15.3. The number of nitrogens with zero attached hydrogens (tertiary/aromatic N) is 2. The third-order valence-electron chi connectivity index (χ3n) is 3.52. The van der Waals surface area contributed by atoms with Crippen molar-refractivity contribution in [3.05, 3.63) is 12.7 Å². The lowest BCUT2D eigenvalue weighted by Gasteiger charge is -2.24. The summed E-state index contributed by atoms with van der Waals surface area (Å²) in [6.07, 6.45) is 12.3. The zero-order valence-corrected chi connectivity index (χ0v) is 11.9. The quantitative estimate of drug-likeness (QED) is 0.478. The van der Waals surface area contributed by atoms with Crippen LogP contribution in [0.3, 0.4) is 0 Å². The van der Waals surface area contributed by atoms with Gasteiger partial charge in [0.05, 0.1) is 12.7 Å². The lowest BCUT2D eigenvalue weighted by atomic mass is 10.1. The fourth-order valence-electron chi connectivity index (χ4n) is 2.45. The molecule has 104 valence electrons. The number of hydrogen-bond acceptors (Lipinski definition) is 3. The number of unbranched alkanes of at least 4 members (excludes halogenated alkanes) is 6. The number of hydrogen-bond donors (Lipinski definition) is 1. The van der Waals surface area contributed by atoms with Crippen LogP contribution in [0.5, 0.6) is 0 Å². The van der Waals surface area contributed by atoms with Crippen LogP contribution >= 0.6 is 0 Å². The van der Waals surface area contributed by atoms with Gasteiger partial charge in [-0.25, -0.2) is 0 Å². The summed E-state index contributed by atoms with van der Waals surface area (Å²) < 4.78 is 0. The van der Waals surface area contributed by atoms with Gasteiger partial charge in [-0.1, -0.05) is 31.8 Å². The molecule has 0 spiro atoms. The van der Waals surface area contributed by atoms with Crippen LogP contribution in [0.2, 0.25) is 0 Å². The lowest BCUT2D eigenvalue weighted by Crippen LogP contribution is -2.41. The van der Waals surface area contributed by atoms with Crippen molar-refractivity contribution in [1.29, 1.82) is 0 Å². The summed E-state index contributed by atoms with van der Waals surface area (Å²) >= 11 is 0. The normalized spacial score (nSPS) is 16.8. The second kappa shape index (κ2) is 9.15.